The Kier molecular flexibility index (Phi) is 3.53. The van der Waals surface area contributed by atoms with Crippen LogP contribution in [-0.4, -0.2) is 17.2 Å². The first-order chi connectivity index (χ1) is 8.08. The summed E-state index contributed by atoms with van der Waals surface area (Å²) in [6.07, 6.45) is 0. The van der Waals surface area contributed by atoms with Gasteiger partial charge in [-0.2, -0.15) is 0 Å². The van der Waals surface area contributed by atoms with Gasteiger partial charge in [-0.05, 0) is 41.2 Å². The van der Waals surface area contributed by atoms with Crippen LogP contribution >= 0.6 is 11.6 Å². The van der Waals surface area contributed by atoms with E-state index in [0.29, 0.717) is 5.46 Å². The lowest BCUT2D eigenvalue weighted by Crippen LogP contribution is -2.29. The summed E-state index contributed by atoms with van der Waals surface area (Å²) in [4.78, 5) is 0. The molecule has 0 radical (unpaired) electrons. The van der Waals surface area contributed by atoms with Gasteiger partial charge in [-0.3, -0.25) is 0 Å². The van der Waals surface area contributed by atoms with Gasteiger partial charge in [0.05, 0.1) is 0 Å². The molecule has 2 aromatic rings. The van der Waals surface area contributed by atoms with Crippen molar-refractivity contribution in [2.45, 2.75) is 6.92 Å². The van der Waals surface area contributed by atoms with E-state index < -0.39 is 7.12 Å². The van der Waals surface area contributed by atoms with E-state index in [0.717, 1.165) is 21.7 Å². The molecule has 4 heteroatoms. The van der Waals surface area contributed by atoms with Gasteiger partial charge < -0.3 is 10.0 Å². The van der Waals surface area contributed by atoms with Crippen LogP contribution in [-0.2, 0) is 0 Å². The zero-order valence-corrected chi connectivity index (χ0v) is 10.1. The molecule has 0 unspecified atom stereocenters. The molecule has 2 aromatic carbocycles. The van der Waals surface area contributed by atoms with Crippen LogP contribution in [0.2, 0.25) is 5.02 Å². The van der Waals surface area contributed by atoms with E-state index in [-0.39, 0.29) is 0 Å². The molecule has 0 fully saturated rings. The predicted octanol–water partition coefficient (Wildman–Crippen LogP) is 2.00. The number of halogens is 1. The molecule has 0 aliphatic carbocycles. The third-order valence-corrected chi connectivity index (χ3v) is 3.12. The molecule has 2 rings (SSSR count). The van der Waals surface area contributed by atoms with Crippen LogP contribution in [0.5, 0.6) is 0 Å². The summed E-state index contributed by atoms with van der Waals surface area (Å²) >= 11 is 5.97. The maximum Gasteiger partial charge on any atom is 0.488 e. The van der Waals surface area contributed by atoms with Gasteiger partial charge in [0, 0.05) is 5.02 Å². The third-order valence-electron chi connectivity index (χ3n) is 2.70. The standard InChI is InChI=1S/C13H12BClO2/c1-9-8-11(4-7-13(9)15)10-2-5-12(6-3-10)14(16)17/h2-8,16-17H,1H3. The Morgan fingerprint density at radius 1 is 0.941 bits per heavy atom. The fourth-order valence-electron chi connectivity index (χ4n) is 1.67. The number of benzene rings is 2. The van der Waals surface area contributed by atoms with E-state index in [1.807, 2.05) is 37.3 Å². The SMILES string of the molecule is Cc1cc(-c2ccc(B(O)O)cc2)ccc1Cl. The Morgan fingerprint density at radius 3 is 2.06 bits per heavy atom. The third kappa shape index (κ3) is 2.69. The van der Waals surface area contributed by atoms with Crippen LogP contribution in [0.4, 0.5) is 0 Å². The van der Waals surface area contributed by atoms with Crippen LogP contribution in [0, 0.1) is 6.92 Å². The van der Waals surface area contributed by atoms with E-state index in [9.17, 15) is 0 Å². The first kappa shape index (κ1) is 12.2. The van der Waals surface area contributed by atoms with Gasteiger partial charge in [0.2, 0.25) is 0 Å². The number of aryl methyl sites for hydroxylation is 1. The topological polar surface area (TPSA) is 40.5 Å². The molecule has 0 aromatic heterocycles. The van der Waals surface area contributed by atoms with E-state index in [1.54, 1.807) is 12.1 Å². The zero-order chi connectivity index (χ0) is 12.4. The molecule has 0 atom stereocenters. The summed E-state index contributed by atoms with van der Waals surface area (Å²) in [6, 6.07) is 12.9. The monoisotopic (exact) mass is 246 g/mol. The molecule has 2 N–H and O–H groups in total. The highest BCUT2D eigenvalue weighted by molar-refractivity contribution is 6.58. The molecule has 0 saturated carbocycles. The van der Waals surface area contributed by atoms with Crippen molar-refractivity contribution in [2.24, 2.45) is 0 Å². The van der Waals surface area contributed by atoms with E-state index in [2.05, 4.69) is 0 Å². The van der Waals surface area contributed by atoms with Crippen molar-refractivity contribution in [2.75, 3.05) is 0 Å². The molecule has 0 aliphatic heterocycles. The number of rotatable bonds is 2. The first-order valence-electron chi connectivity index (χ1n) is 5.30. The van der Waals surface area contributed by atoms with Gasteiger partial charge in [-0.1, -0.05) is 41.9 Å². The number of hydrogen-bond acceptors (Lipinski definition) is 2. The Bertz CT molecular complexity index is 523. The summed E-state index contributed by atoms with van der Waals surface area (Å²) in [7, 11) is -1.42. The average Bonchev–Trinajstić information content (AvgIpc) is 2.33. The van der Waals surface area contributed by atoms with Crippen molar-refractivity contribution in [3.63, 3.8) is 0 Å². The molecule has 17 heavy (non-hydrogen) atoms. The van der Waals surface area contributed by atoms with Gasteiger partial charge in [0.1, 0.15) is 0 Å². The van der Waals surface area contributed by atoms with Crippen molar-refractivity contribution in [3.8, 4) is 11.1 Å². The Hall–Kier alpha value is -1.29. The maximum atomic E-state index is 9.00. The van der Waals surface area contributed by atoms with E-state index >= 15 is 0 Å². The lowest BCUT2D eigenvalue weighted by molar-refractivity contribution is 0.426. The van der Waals surface area contributed by atoms with Gasteiger partial charge in [0.15, 0.2) is 0 Å². The molecular weight excluding hydrogens is 234 g/mol. The van der Waals surface area contributed by atoms with Gasteiger partial charge in [0.25, 0.3) is 0 Å². The van der Waals surface area contributed by atoms with Crippen LogP contribution in [0.15, 0.2) is 42.5 Å². The lowest BCUT2D eigenvalue weighted by Gasteiger charge is -2.06. The maximum absolute atomic E-state index is 9.00. The van der Waals surface area contributed by atoms with Crippen molar-refractivity contribution in [3.05, 3.63) is 53.1 Å². The van der Waals surface area contributed by atoms with Crippen LogP contribution < -0.4 is 5.46 Å². The highest BCUT2D eigenvalue weighted by atomic mass is 35.5. The largest absolute Gasteiger partial charge is 0.488 e. The average molecular weight is 247 g/mol. The number of hydrogen-bond donors (Lipinski definition) is 2. The van der Waals surface area contributed by atoms with Crippen LogP contribution in [0.3, 0.4) is 0 Å². The summed E-state index contributed by atoms with van der Waals surface area (Å²) in [5.41, 5.74) is 3.59. The molecule has 86 valence electrons. The lowest BCUT2D eigenvalue weighted by atomic mass is 9.80. The predicted molar refractivity (Wildman–Crippen MR) is 71.5 cm³/mol. The van der Waals surface area contributed by atoms with Crippen LogP contribution in [0.25, 0.3) is 11.1 Å². The van der Waals surface area contributed by atoms with Gasteiger partial charge in [-0.25, -0.2) is 0 Å². The van der Waals surface area contributed by atoms with E-state index in [1.165, 1.54) is 0 Å². The van der Waals surface area contributed by atoms with Gasteiger partial charge >= 0.3 is 7.12 Å². The summed E-state index contributed by atoms with van der Waals surface area (Å²) in [5, 5.41) is 18.8. The second-order valence-corrected chi connectivity index (χ2v) is 4.37. The summed E-state index contributed by atoms with van der Waals surface area (Å²) in [6.45, 7) is 1.96. The minimum absolute atomic E-state index is 0.486. The second-order valence-electron chi connectivity index (χ2n) is 3.96. The Labute approximate surface area is 106 Å². The van der Waals surface area contributed by atoms with Crippen molar-refractivity contribution in [1.29, 1.82) is 0 Å². The molecule has 0 heterocycles. The molecular formula is C13H12BClO2. The molecule has 0 spiro atoms. The summed E-state index contributed by atoms with van der Waals surface area (Å²) in [5.74, 6) is 0. The first-order valence-corrected chi connectivity index (χ1v) is 5.68. The highest BCUT2D eigenvalue weighted by Crippen LogP contribution is 2.24. The molecule has 0 saturated heterocycles. The second kappa shape index (κ2) is 4.92. The zero-order valence-electron chi connectivity index (χ0n) is 9.39. The van der Waals surface area contributed by atoms with Crippen LogP contribution in [0.1, 0.15) is 5.56 Å². The quantitative estimate of drug-likeness (QED) is 0.796. The van der Waals surface area contributed by atoms with Crippen molar-refractivity contribution >= 4 is 24.2 Å². The van der Waals surface area contributed by atoms with Crippen molar-refractivity contribution in [1.82, 2.24) is 0 Å². The fraction of sp³-hybridized carbons (Fsp3) is 0.0769. The smallest absolute Gasteiger partial charge is 0.423 e. The molecule has 0 bridgehead atoms. The molecule has 2 nitrogen and oxygen atoms in total. The summed E-state index contributed by atoms with van der Waals surface area (Å²) < 4.78 is 0. The minimum Gasteiger partial charge on any atom is -0.423 e. The Morgan fingerprint density at radius 2 is 1.53 bits per heavy atom. The molecule has 0 aliphatic rings. The fourth-order valence-corrected chi connectivity index (χ4v) is 1.79. The van der Waals surface area contributed by atoms with E-state index in [4.69, 9.17) is 21.6 Å². The van der Waals surface area contributed by atoms with Gasteiger partial charge in [-0.15, -0.1) is 0 Å². The van der Waals surface area contributed by atoms with Crippen molar-refractivity contribution < 1.29 is 10.0 Å². The molecule has 0 amide bonds. The highest BCUT2D eigenvalue weighted by Gasteiger charge is 2.10. The normalized spacial score (nSPS) is 10.4. The minimum atomic E-state index is -1.42. The Balaban J connectivity index is 2.36.